The summed E-state index contributed by atoms with van der Waals surface area (Å²) in [5.74, 6) is 0.846. The van der Waals surface area contributed by atoms with Crippen LogP contribution in [0.15, 0.2) is 155 Å². The molecular weight excluding hydrogens is 863 g/mol. The van der Waals surface area contributed by atoms with Gasteiger partial charge in [0.2, 0.25) is 0 Å². The molecule has 2 saturated carbocycles. The van der Waals surface area contributed by atoms with Gasteiger partial charge in [0.15, 0.2) is 11.5 Å². The van der Waals surface area contributed by atoms with Gasteiger partial charge in [-0.2, -0.15) is 26.3 Å². The molecule has 4 aliphatic rings. The molecule has 7 aromatic carbocycles. The molecule has 2 aliphatic heterocycles. The minimum absolute atomic E-state index is 0.130. The van der Waals surface area contributed by atoms with Gasteiger partial charge in [-0.05, 0) is 127 Å². The first-order valence-corrected chi connectivity index (χ1v) is 23.8. The number of nitrogens with zero attached hydrogens (tertiary/aromatic N) is 2. The van der Waals surface area contributed by atoms with E-state index in [2.05, 4.69) is 34.1 Å². The largest absolute Gasteiger partial charge is 0.453 e. The van der Waals surface area contributed by atoms with Gasteiger partial charge < -0.3 is 14.5 Å². The van der Waals surface area contributed by atoms with Crippen LogP contribution in [-0.2, 0) is 12.4 Å². The fourth-order valence-corrected chi connectivity index (χ4v) is 12.0. The molecule has 10 heteroatoms. The number of alkyl halides is 6. The molecule has 0 bridgehead atoms. The van der Waals surface area contributed by atoms with Gasteiger partial charge in [-0.1, -0.05) is 123 Å². The Bertz CT molecular complexity index is 2700. The first-order valence-electron chi connectivity index (χ1n) is 23.0. The number of ether oxygens (including phenoxy) is 1. The van der Waals surface area contributed by atoms with Crippen LogP contribution in [0, 0.1) is 0 Å². The highest BCUT2D eigenvalue weighted by atomic mass is 32.2. The zero-order chi connectivity index (χ0) is 45.2. The normalized spacial score (nSPS) is 16.5. The van der Waals surface area contributed by atoms with Crippen LogP contribution in [0.4, 0.5) is 60.5 Å². The van der Waals surface area contributed by atoms with Gasteiger partial charge in [-0.25, -0.2) is 0 Å². The second-order valence-corrected chi connectivity index (χ2v) is 18.9. The monoisotopic (exact) mass is 908 g/mol. The smallest absolute Gasteiger partial charge is 0.416 e. The van der Waals surface area contributed by atoms with Crippen LogP contribution < -0.4 is 14.5 Å². The Morgan fingerprint density at radius 1 is 0.424 bits per heavy atom. The number of halogens is 6. The lowest BCUT2D eigenvalue weighted by molar-refractivity contribution is -0.138. The van der Waals surface area contributed by atoms with E-state index < -0.39 is 23.5 Å². The summed E-state index contributed by atoms with van der Waals surface area (Å²) < 4.78 is 97.3. The van der Waals surface area contributed by atoms with E-state index in [1.54, 1.807) is 23.9 Å². The van der Waals surface area contributed by atoms with Crippen molar-refractivity contribution in [1.82, 2.24) is 0 Å². The molecule has 2 heterocycles. The Kier molecular flexibility index (Phi) is 10.9. The highest BCUT2D eigenvalue weighted by Crippen LogP contribution is 2.65. The number of benzene rings is 7. The number of hydrogen-bond donors (Lipinski definition) is 0. The molecule has 0 N–H and O–H groups in total. The molecule has 0 saturated heterocycles. The SMILES string of the molecule is FC(F)(F)c1cccc(-c2c(C3CCCCC3)c(-c3cccc(C(F)(F)F)c3)c(N3c4ccccc4Sc4ccccc43)c(C3CCCCC3)c2N2c3ccccc3Oc3ccccc32)c1. The van der Waals surface area contributed by atoms with Crippen molar-refractivity contribution in [3.63, 3.8) is 0 Å². The third-order valence-electron chi connectivity index (χ3n) is 13.8. The standard InChI is InChI=1S/C56H46F6N2OS/c57-55(58,59)39-23-15-21-37(33-39)50-49(35-17-3-1-4-18-35)51(38-22-16-24-40(34-38)56(60,61)62)54(64-43-27-9-13-31-47(43)66-48-32-14-10-28-44(48)64)52(36-19-5-2-6-20-36)53(50)63-41-25-7-11-29-45(41)65-46-30-12-8-26-42(46)63/h7-16,21-36H,1-6,17-20H2. The predicted octanol–water partition coefficient (Wildman–Crippen LogP) is 18.7. The van der Waals surface area contributed by atoms with Crippen LogP contribution in [0.2, 0.25) is 0 Å². The van der Waals surface area contributed by atoms with Crippen LogP contribution >= 0.6 is 11.8 Å². The zero-order valence-electron chi connectivity index (χ0n) is 36.1. The highest BCUT2D eigenvalue weighted by Gasteiger charge is 2.43. The van der Waals surface area contributed by atoms with E-state index in [0.29, 0.717) is 33.8 Å². The van der Waals surface area contributed by atoms with Crippen molar-refractivity contribution in [3.05, 3.63) is 168 Å². The zero-order valence-corrected chi connectivity index (χ0v) is 36.9. The maximum absolute atomic E-state index is 15.1. The maximum atomic E-state index is 15.1. The summed E-state index contributed by atoms with van der Waals surface area (Å²) >= 11 is 1.66. The molecule has 0 spiro atoms. The van der Waals surface area contributed by atoms with Gasteiger partial charge in [0, 0.05) is 26.5 Å². The van der Waals surface area contributed by atoms with E-state index in [9.17, 15) is 0 Å². The lowest BCUT2D eigenvalue weighted by Crippen LogP contribution is -2.26. The Labute approximate surface area is 385 Å². The van der Waals surface area contributed by atoms with Crippen LogP contribution in [-0.4, -0.2) is 0 Å². The van der Waals surface area contributed by atoms with E-state index in [1.165, 1.54) is 24.3 Å². The average Bonchev–Trinajstić information content (AvgIpc) is 3.34. The topological polar surface area (TPSA) is 15.7 Å². The van der Waals surface area contributed by atoms with Crippen LogP contribution in [0.25, 0.3) is 22.3 Å². The number of para-hydroxylation sites is 6. The van der Waals surface area contributed by atoms with Crippen molar-refractivity contribution in [1.29, 1.82) is 0 Å². The Balaban J connectivity index is 1.42. The number of hydrogen-bond acceptors (Lipinski definition) is 4. The maximum Gasteiger partial charge on any atom is 0.416 e. The molecule has 0 unspecified atom stereocenters. The summed E-state index contributed by atoms with van der Waals surface area (Å²) in [5, 5.41) is 0. The molecule has 0 aromatic heterocycles. The van der Waals surface area contributed by atoms with Crippen LogP contribution in [0.3, 0.4) is 0 Å². The quantitative estimate of drug-likeness (QED) is 0.154. The average molecular weight is 909 g/mol. The molecule has 0 amide bonds. The lowest BCUT2D eigenvalue weighted by atomic mass is 9.71. The van der Waals surface area contributed by atoms with Crippen molar-refractivity contribution in [2.24, 2.45) is 0 Å². The van der Waals surface area contributed by atoms with Crippen molar-refractivity contribution in [2.75, 3.05) is 9.80 Å². The van der Waals surface area contributed by atoms with E-state index >= 15 is 26.3 Å². The van der Waals surface area contributed by atoms with Gasteiger partial charge in [0.1, 0.15) is 0 Å². The third kappa shape index (κ3) is 7.51. The van der Waals surface area contributed by atoms with Crippen molar-refractivity contribution in [3.8, 4) is 33.8 Å². The Morgan fingerprint density at radius 2 is 0.818 bits per heavy atom. The first kappa shape index (κ1) is 42.5. The number of rotatable bonds is 6. The van der Waals surface area contributed by atoms with Gasteiger partial charge in [0.05, 0.1) is 45.3 Å². The third-order valence-corrected chi connectivity index (χ3v) is 14.9. The van der Waals surface area contributed by atoms with Crippen molar-refractivity contribution >= 4 is 45.9 Å². The molecule has 334 valence electrons. The fraction of sp³-hybridized carbons (Fsp3) is 0.250. The summed E-state index contributed by atoms with van der Waals surface area (Å²) in [6.07, 6.45) is -0.696. The summed E-state index contributed by atoms with van der Waals surface area (Å²) in [6.45, 7) is 0. The Hall–Kier alpha value is -6.13. The minimum Gasteiger partial charge on any atom is -0.453 e. The van der Waals surface area contributed by atoms with Gasteiger partial charge in [-0.15, -0.1) is 0 Å². The molecular formula is C56H46F6N2OS. The summed E-state index contributed by atoms with van der Waals surface area (Å²) in [7, 11) is 0. The second-order valence-electron chi connectivity index (χ2n) is 17.8. The predicted molar refractivity (Wildman–Crippen MR) is 253 cm³/mol. The highest BCUT2D eigenvalue weighted by molar-refractivity contribution is 7.99. The number of fused-ring (bicyclic) bond motifs is 4. The number of anilines is 6. The van der Waals surface area contributed by atoms with Gasteiger partial charge in [-0.3, -0.25) is 0 Å². The van der Waals surface area contributed by atoms with Crippen LogP contribution in [0.1, 0.15) is 98.3 Å². The van der Waals surface area contributed by atoms with Gasteiger partial charge in [0.25, 0.3) is 0 Å². The molecule has 0 atom stereocenters. The molecule has 7 aromatic rings. The van der Waals surface area contributed by atoms with Crippen molar-refractivity contribution < 1.29 is 31.1 Å². The van der Waals surface area contributed by atoms with E-state index in [-0.39, 0.29) is 11.8 Å². The van der Waals surface area contributed by atoms with Crippen molar-refractivity contribution in [2.45, 2.75) is 98.2 Å². The lowest BCUT2D eigenvalue weighted by Gasteiger charge is -2.44. The molecule has 0 radical (unpaired) electrons. The fourth-order valence-electron chi connectivity index (χ4n) is 11.0. The minimum atomic E-state index is -4.66. The summed E-state index contributed by atoms with van der Waals surface area (Å²) in [5.41, 5.74) is 6.85. The van der Waals surface area contributed by atoms with E-state index in [1.807, 2.05) is 72.8 Å². The summed E-state index contributed by atoms with van der Waals surface area (Å²) in [6, 6.07) is 43.1. The molecule has 2 aliphatic carbocycles. The molecule has 66 heavy (non-hydrogen) atoms. The van der Waals surface area contributed by atoms with Crippen LogP contribution in [0.5, 0.6) is 11.5 Å². The summed E-state index contributed by atoms with van der Waals surface area (Å²) in [4.78, 5) is 6.47. The Morgan fingerprint density at radius 3 is 1.27 bits per heavy atom. The first-order chi connectivity index (χ1) is 32.0. The molecule has 11 rings (SSSR count). The van der Waals surface area contributed by atoms with E-state index in [4.69, 9.17) is 4.74 Å². The van der Waals surface area contributed by atoms with E-state index in [0.717, 1.165) is 131 Å². The van der Waals surface area contributed by atoms with Gasteiger partial charge >= 0.3 is 12.4 Å². The molecule has 2 fully saturated rings. The molecule has 3 nitrogen and oxygen atoms in total. The second kappa shape index (κ2) is 16.9.